The number of halogens is 4. The second kappa shape index (κ2) is 9.61. The highest BCUT2D eigenvalue weighted by atomic mass is 35.5. The summed E-state index contributed by atoms with van der Waals surface area (Å²) < 4.78 is 62.8. The summed E-state index contributed by atoms with van der Waals surface area (Å²) in [5.41, 5.74) is -4.95. The van der Waals surface area contributed by atoms with Crippen molar-refractivity contribution < 1.29 is 43.0 Å². The molecule has 1 heterocycles. The van der Waals surface area contributed by atoms with E-state index >= 15 is 0 Å². The van der Waals surface area contributed by atoms with Gasteiger partial charge in [-0.15, -0.1) is 0 Å². The second-order valence-corrected chi connectivity index (χ2v) is 7.65. The number of carbonyl (C=O) groups excluding carboxylic acids is 1. The summed E-state index contributed by atoms with van der Waals surface area (Å²) in [6, 6.07) is 4.91. The summed E-state index contributed by atoms with van der Waals surface area (Å²) in [6.45, 7) is 5.03. The number of hydrogen-bond donors (Lipinski definition) is 1. The van der Waals surface area contributed by atoms with Crippen LogP contribution in [0.1, 0.15) is 31.2 Å². The van der Waals surface area contributed by atoms with Crippen molar-refractivity contribution in [2.75, 3.05) is 26.2 Å². The van der Waals surface area contributed by atoms with Crippen LogP contribution < -0.4 is 21.9 Å². The first-order valence-electron chi connectivity index (χ1n) is 8.21. The summed E-state index contributed by atoms with van der Waals surface area (Å²) in [5, 5.41) is 2.82. The Labute approximate surface area is 162 Å². The van der Waals surface area contributed by atoms with Crippen LogP contribution in [0.15, 0.2) is 24.3 Å². The van der Waals surface area contributed by atoms with Crippen LogP contribution in [0.3, 0.4) is 0 Å². The quantitative estimate of drug-likeness (QED) is 0.455. The first-order valence-corrected chi connectivity index (χ1v) is 9.62. The number of carbonyl (C=O) groups is 1. The van der Waals surface area contributed by atoms with Gasteiger partial charge in [-0.3, -0.25) is 4.79 Å². The van der Waals surface area contributed by atoms with Gasteiger partial charge in [0.05, 0.1) is 5.92 Å². The normalized spacial score (nSPS) is 16.4. The standard InChI is InChI=1S/C16H21F3N2O4S.ClH/c1-12(15(22)20-8-11-21-9-2-3-10-21)13-4-6-14(7-5-13)25-26(23,24)16(17,18)19;/h4-7,12H,2-3,8-11H2,1H3,(H,20,22);1H/p-1/t12-;/m1./s1. The fourth-order valence-electron chi connectivity index (χ4n) is 2.63. The Morgan fingerprint density at radius 1 is 1.22 bits per heavy atom. The minimum Gasteiger partial charge on any atom is -1.00 e. The highest BCUT2D eigenvalue weighted by molar-refractivity contribution is 7.88. The summed E-state index contributed by atoms with van der Waals surface area (Å²) >= 11 is 0. The molecule has 0 saturated carbocycles. The molecule has 2 rings (SSSR count). The molecule has 11 heteroatoms. The lowest BCUT2D eigenvalue weighted by atomic mass is 10.0. The van der Waals surface area contributed by atoms with Gasteiger partial charge in [0, 0.05) is 13.1 Å². The summed E-state index contributed by atoms with van der Waals surface area (Å²) in [7, 11) is -5.70. The molecule has 0 spiro atoms. The van der Waals surface area contributed by atoms with Gasteiger partial charge in [-0.1, -0.05) is 12.1 Å². The fourth-order valence-corrected chi connectivity index (χ4v) is 3.09. The number of alkyl halides is 3. The number of nitrogens with zero attached hydrogens (tertiary/aromatic N) is 1. The van der Waals surface area contributed by atoms with E-state index in [2.05, 4.69) is 14.4 Å². The number of nitrogens with one attached hydrogen (secondary N) is 1. The average Bonchev–Trinajstić information content (AvgIpc) is 3.07. The molecule has 1 aliphatic heterocycles. The average molecular weight is 430 g/mol. The molecular weight excluding hydrogens is 409 g/mol. The van der Waals surface area contributed by atoms with Crippen molar-refractivity contribution in [3.63, 3.8) is 0 Å². The molecule has 1 N–H and O–H groups in total. The van der Waals surface area contributed by atoms with Crippen LogP contribution in [0.5, 0.6) is 5.75 Å². The minimum absolute atomic E-state index is 0. The SMILES string of the molecule is C[C@@H](C(=O)NCCN1CCCC1)c1ccc(OS(=O)(=O)C(F)(F)F)cc1.[Cl-]. The van der Waals surface area contributed by atoms with Crippen LogP contribution in [0.4, 0.5) is 13.2 Å². The van der Waals surface area contributed by atoms with Gasteiger partial charge in [0.15, 0.2) is 0 Å². The van der Waals surface area contributed by atoms with E-state index in [9.17, 15) is 26.4 Å². The number of rotatable bonds is 7. The van der Waals surface area contributed by atoms with Crippen LogP contribution in [-0.2, 0) is 14.9 Å². The summed E-state index contributed by atoms with van der Waals surface area (Å²) in [4.78, 5) is 14.4. The van der Waals surface area contributed by atoms with E-state index in [1.807, 2.05) is 0 Å². The van der Waals surface area contributed by atoms with Gasteiger partial charge in [-0.25, -0.2) is 0 Å². The van der Waals surface area contributed by atoms with Gasteiger partial charge in [0.25, 0.3) is 0 Å². The zero-order valence-electron chi connectivity index (χ0n) is 14.6. The maximum atomic E-state index is 12.3. The van der Waals surface area contributed by atoms with Crippen molar-refractivity contribution in [2.24, 2.45) is 0 Å². The van der Waals surface area contributed by atoms with Gasteiger partial charge < -0.3 is 26.8 Å². The monoisotopic (exact) mass is 429 g/mol. The van der Waals surface area contributed by atoms with Crippen LogP contribution in [0, 0.1) is 0 Å². The molecule has 1 aliphatic rings. The molecule has 0 aliphatic carbocycles. The van der Waals surface area contributed by atoms with E-state index < -0.39 is 27.3 Å². The lowest BCUT2D eigenvalue weighted by Gasteiger charge is -2.17. The number of amides is 1. The van der Waals surface area contributed by atoms with E-state index in [4.69, 9.17) is 0 Å². The van der Waals surface area contributed by atoms with E-state index in [1.54, 1.807) is 6.92 Å². The summed E-state index contributed by atoms with van der Waals surface area (Å²) in [5.74, 6) is -1.20. The zero-order valence-corrected chi connectivity index (χ0v) is 16.2. The van der Waals surface area contributed by atoms with Gasteiger partial charge >= 0.3 is 15.6 Å². The molecule has 1 aromatic carbocycles. The Hall–Kier alpha value is -1.52. The smallest absolute Gasteiger partial charge is 0.534 e. The molecule has 1 saturated heterocycles. The third-order valence-corrected chi connectivity index (χ3v) is 5.17. The molecule has 0 aromatic heterocycles. The molecule has 0 bridgehead atoms. The van der Waals surface area contributed by atoms with Crippen LogP contribution in [-0.4, -0.2) is 50.9 Å². The van der Waals surface area contributed by atoms with Gasteiger partial charge in [0.1, 0.15) is 5.75 Å². The minimum atomic E-state index is -5.70. The topological polar surface area (TPSA) is 75.7 Å². The lowest BCUT2D eigenvalue weighted by molar-refractivity contribution is -0.122. The highest BCUT2D eigenvalue weighted by Crippen LogP contribution is 2.27. The van der Waals surface area contributed by atoms with Crippen molar-refractivity contribution in [3.05, 3.63) is 29.8 Å². The van der Waals surface area contributed by atoms with Crippen molar-refractivity contribution in [1.29, 1.82) is 0 Å². The van der Waals surface area contributed by atoms with Crippen molar-refractivity contribution >= 4 is 16.0 Å². The number of likely N-dealkylation sites (tertiary alicyclic amines) is 1. The molecule has 1 amide bonds. The lowest BCUT2D eigenvalue weighted by Crippen LogP contribution is -3.00. The van der Waals surface area contributed by atoms with Crippen molar-refractivity contribution in [3.8, 4) is 5.75 Å². The fraction of sp³-hybridized carbons (Fsp3) is 0.562. The molecular formula is C16H21ClF3N2O4S-. The molecule has 0 unspecified atom stereocenters. The van der Waals surface area contributed by atoms with Crippen molar-refractivity contribution in [2.45, 2.75) is 31.2 Å². The molecule has 27 heavy (non-hydrogen) atoms. The van der Waals surface area contributed by atoms with E-state index in [-0.39, 0.29) is 18.3 Å². The number of hydrogen-bond acceptors (Lipinski definition) is 5. The zero-order chi connectivity index (χ0) is 19.4. The first-order chi connectivity index (χ1) is 12.1. The Balaban J connectivity index is 0.00000364. The Morgan fingerprint density at radius 3 is 2.30 bits per heavy atom. The third kappa shape index (κ3) is 6.54. The summed E-state index contributed by atoms with van der Waals surface area (Å²) in [6.07, 6.45) is 2.34. The van der Waals surface area contributed by atoms with Gasteiger partial charge in [0.2, 0.25) is 5.91 Å². The molecule has 6 nitrogen and oxygen atoms in total. The molecule has 1 aromatic rings. The van der Waals surface area contributed by atoms with Gasteiger partial charge in [-0.2, -0.15) is 21.6 Å². The van der Waals surface area contributed by atoms with E-state index in [0.717, 1.165) is 31.8 Å². The third-order valence-electron chi connectivity index (χ3n) is 4.19. The first kappa shape index (κ1) is 23.5. The van der Waals surface area contributed by atoms with E-state index in [0.29, 0.717) is 12.1 Å². The second-order valence-electron chi connectivity index (χ2n) is 6.11. The maximum absolute atomic E-state index is 12.3. The predicted octanol–water partition coefficient (Wildman–Crippen LogP) is -0.765. The van der Waals surface area contributed by atoms with Crippen LogP contribution >= 0.6 is 0 Å². The van der Waals surface area contributed by atoms with Crippen molar-refractivity contribution in [1.82, 2.24) is 10.2 Å². The predicted molar refractivity (Wildman–Crippen MR) is 89.1 cm³/mol. The molecule has 1 fully saturated rings. The maximum Gasteiger partial charge on any atom is 0.534 e. The van der Waals surface area contributed by atoms with Gasteiger partial charge in [-0.05, 0) is 50.6 Å². The molecule has 154 valence electrons. The number of benzene rings is 1. The Morgan fingerprint density at radius 2 is 1.78 bits per heavy atom. The Bertz CT molecular complexity index is 720. The Kier molecular flexibility index (Phi) is 8.37. The van der Waals surface area contributed by atoms with Crippen LogP contribution in [0.25, 0.3) is 0 Å². The molecule has 0 radical (unpaired) electrons. The molecule has 1 atom stereocenters. The van der Waals surface area contributed by atoms with Crippen LogP contribution in [0.2, 0.25) is 0 Å². The largest absolute Gasteiger partial charge is 1.00 e. The highest BCUT2D eigenvalue weighted by Gasteiger charge is 2.48. The van der Waals surface area contributed by atoms with E-state index in [1.165, 1.54) is 25.0 Å².